The monoisotopic (exact) mass is 1150 g/mol. The molecule has 0 spiro atoms. The quantitative estimate of drug-likeness (QED) is 0.0320. The molecule has 82 heavy (non-hydrogen) atoms. The van der Waals surface area contributed by atoms with E-state index in [1.54, 1.807) is 6.08 Å². The third-order valence-corrected chi connectivity index (χ3v) is 17.7. The largest absolute Gasteiger partial charge is 0.466 e. The molecule has 1 amide bonds. The van der Waals surface area contributed by atoms with E-state index in [-0.39, 0.29) is 18.5 Å². The van der Waals surface area contributed by atoms with Gasteiger partial charge in [-0.15, -0.1) is 0 Å². The molecule has 0 aliphatic heterocycles. The van der Waals surface area contributed by atoms with Gasteiger partial charge in [-0.1, -0.05) is 378 Å². The first-order valence-electron chi connectivity index (χ1n) is 37.6. The van der Waals surface area contributed by atoms with Crippen LogP contribution in [0.5, 0.6) is 0 Å². The number of allylic oxidation sites excluding steroid dienone is 3. The maximum absolute atomic E-state index is 12.5. The molecule has 0 fully saturated rings. The molecular weight excluding hydrogens is 1010 g/mol. The summed E-state index contributed by atoms with van der Waals surface area (Å²) in [6, 6.07) is -0.627. The molecule has 0 aliphatic carbocycles. The SMILES string of the molecule is CCCCCCCCCCCCCCCCCCCCCCC/C=C/C(O)C(CO)NC(=O)CCCCCCCCCCCCCCCCC/C=C\CCCCCCCCCCCCCCOC(=O)CCCCCCCCCCCCC. The summed E-state index contributed by atoms with van der Waals surface area (Å²) in [4.78, 5) is 24.6. The van der Waals surface area contributed by atoms with Crippen molar-refractivity contribution in [2.75, 3.05) is 13.2 Å². The van der Waals surface area contributed by atoms with E-state index in [9.17, 15) is 19.8 Å². The second-order valence-electron chi connectivity index (χ2n) is 26.0. The second-order valence-corrected chi connectivity index (χ2v) is 26.0. The Labute approximate surface area is 513 Å². The molecule has 6 nitrogen and oxygen atoms in total. The summed E-state index contributed by atoms with van der Waals surface area (Å²) in [5, 5.41) is 23.3. The minimum absolute atomic E-state index is 0.0178. The van der Waals surface area contributed by atoms with Crippen molar-refractivity contribution < 1.29 is 24.5 Å². The van der Waals surface area contributed by atoms with E-state index in [2.05, 4.69) is 31.3 Å². The van der Waals surface area contributed by atoms with Crippen LogP contribution in [-0.2, 0) is 14.3 Å². The van der Waals surface area contributed by atoms with Gasteiger partial charge in [0.1, 0.15) is 0 Å². The van der Waals surface area contributed by atoms with Crippen LogP contribution in [0.25, 0.3) is 0 Å². The summed E-state index contributed by atoms with van der Waals surface area (Å²) in [6.45, 7) is 4.95. The number of carbonyl (C=O) groups is 2. The van der Waals surface area contributed by atoms with Crippen LogP contribution in [0.1, 0.15) is 425 Å². The number of nitrogens with one attached hydrogen (secondary N) is 1. The predicted molar refractivity (Wildman–Crippen MR) is 361 cm³/mol. The maximum atomic E-state index is 12.5. The molecule has 2 unspecified atom stereocenters. The number of ether oxygens (including phenoxy) is 1. The highest BCUT2D eigenvalue weighted by atomic mass is 16.5. The van der Waals surface area contributed by atoms with E-state index in [1.807, 2.05) is 6.08 Å². The Hall–Kier alpha value is -1.66. The van der Waals surface area contributed by atoms with Crippen molar-refractivity contribution in [2.24, 2.45) is 0 Å². The van der Waals surface area contributed by atoms with Gasteiger partial charge in [0, 0.05) is 12.8 Å². The van der Waals surface area contributed by atoms with Crippen molar-refractivity contribution in [2.45, 2.75) is 437 Å². The van der Waals surface area contributed by atoms with Crippen LogP contribution in [0.15, 0.2) is 24.3 Å². The summed E-state index contributed by atoms with van der Waals surface area (Å²) in [6.07, 6.45) is 91.4. The van der Waals surface area contributed by atoms with Gasteiger partial charge < -0.3 is 20.3 Å². The number of aliphatic hydroxyl groups excluding tert-OH is 2. The van der Waals surface area contributed by atoms with Gasteiger partial charge in [0.15, 0.2) is 0 Å². The van der Waals surface area contributed by atoms with Crippen LogP contribution < -0.4 is 5.32 Å². The van der Waals surface area contributed by atoms with Gasteiger partial charge >= 0.3 is 5.97 Å². The zero-order valence-corrected chi connectivity index (χ0v) is 55.8. The molecule has 6 heteroatoms. The Bertz CT molecular complexity index is 1280. The first-order valence-corrected chi connectivity index (χ1v) is 37.6. The van der Waals surface area contributed by atoms with Crippen molar-refractivity contribution >= 4 is 11.9 Å². The zero-order valence-electron chi connectivity index (χ0n) is 55.8. The maximum Gasteiger partial charge on any atom is 0.305 e. The molecule has 486 valence electrons. The minimum Gasteiger partial charge on any atom is -0.466 e. The minimum atomic E-state index is -0.844. The van der Waals surface area contributed by atoms with E-state index >= 15 is 0 Å². The molecule has 0 aromatic carbocycles. The molecule has 2 atom stereocenters. The first-order chi connectivity index (χ1) is 40.5. The van der Waals surface area contributed by atoms with Crippen LogP contribution >= 0.6 is 0 Å². The fourth-order valence-corrected chi connectivity index (χ4v) is 12.0. The average molecular weight is 1160 g/mol. The van der Waals surface area contributed by atoms with Crippen molar-refractivity contribution in [3.63, 3.8) is 0 Å². The summed E-state index contributed by atoms with van der Waals surface area (Å²) in [5.74, 6) is -0.0432. The van der Waals surface area contributed by atoms with Crippen LogP contribution in [0, 0.1) is 0 Å². The topological polar surface area (TPSA) is 95.9 Å². The molecule has 0 radical (unpaired) electrons. The highest BCUT2D eigenvalue weighted by Crippen LogP contribution is 2.19. The number of amides is 1. The Balaban J connectivity index is 3.39. The summed E-state index contributed by atoms with van der Waals surface area (Å²) in [5.41, 5.74) is 0. The Morgan fingerprint density at radius 3 is 0.866 bits per heavy atom. The number of carbonyl (C=O) groups excluding carboxylic acids is 2. The number of aliphatic hydroxyl groups is 2. The van der Waals surface area contributed by atoms with E-state index in [0.717, 1.165) is 38.5 Å². The summed E-state index contributed by atoms with van der Waals surface area (Å²) < 4.78 is 5.48. The summed E-state index contributed by atoms with van der Waals surface area (Å²) in [7, 11) is 0. The number of hydrogen-bond acceptors (Lipinski definition) is 5. The molecule has 0 aromatic rings. The van der Waals surface area contributed by atoms with Crippen LogP contribution in [0.3, 0.4) is 0 Å². The molecule has 0 aliphatic rings. The number of esters is 1. The van der Waals surface area contributed by atoms with Gasteiger partial charge in [0.05, 0.1) is 25.4 Å². The standard InChI is InChI=1S/C76H147NO5/c1-3-5-7-9-11-13-15-16-17-18-19-20-30-33-36-39-42-45-49-52-56-60-64-68-74(79)73(72-78)77-75(80)69-65-61-57-53-50-46-43-40-37-34-31-28-26-24-22-21-23-25-27-29-32-35-38-41-44-47-51-55-59-63-67-71-82-76(81)70-66-62-58-54-48-14-12-10-8-6-4-2/h23,25,64,68,73-74,78-79H,3-22,24,26-63,65-67,69-72H2,1-2H3,(H,77,80)/b25-23-,68-64+. The smallest absolute Gasteiger partial charge is 0.305 e. The third kappa shape index (κ3) is 67.5. The molecule has 0 heterocycles. The Morgan fingerprint density at radius 2 is 0.573 bits per heavy atom. The lowest BCUT2D eigenvalue weighted by atomic mass is 10.0. The molecule has 0 saturated heterocycles. The predicted octanol–water partition coefficient (Wildman–Crippen LogP) is 24.5. The van der Waals surface area contributed by atoms with E-state index in [1.165, 1.54) is 360 Å². The molecule has 3 N–H and O–H groups in total. The fraction of sp³-hybridized carbons (Fsp3) is 0.921. The normalized spacial score (nSPS) is 12.6. The van der Waals surface area contributed by atoms with E-state index in [4.69, 9.17) is 4.74 Å². The third-order valence-electron chi connectivity index (χ3n) is 17.7. The molecule has 0 rings (SSSR count). The average Bonchev–Trinajstić information content (AvgIpc) is 3.48. The highest BCUT2D eigenvalue weighted by Gasteiger charge is 2.18. The van der Waals surface area contributed by atoms with Gasteiger partial charge in [-0.3, -0.25) is 9.59 Å². The first kappa shape index (κ1) is 80.3. The molecular formula is C76H147NO5. The lowest BCUT2D eigenvalue weighted by Crippen LogP contribution is -2.45. The van der Waals surface area contributed by atoms with Crippen molar-refractivity contribution in [3.8, 4) is 0 Å². The second kappa shape index (κ2) is 71.8. The van der Waals surface area contributed by atoms with Crippen molar-refractivity contribution in [3.05, 3.63) is 24.3 Å². The Morgan fingerprint density at radius 1 is 0.329 bits per heavy atom. The highest BCUT2D eigenvalue weighted by molar-refractivity contribution is 5.76. The van der Waals surface area contributed by atoms with Gasteiger partial charge in [-0.2, -0.15) is 0 Å². The molecule has 0 bridgehead atoms. The number of hydrogen-bond donors (Lipinski definition) is 3. The number of rotatable bonds is 71. The molecule has 0 saturated carbocycles. The Kier molecular flexibility index (Phi) is 70.4. The fourth-order valence-electron chi connectivity index (χ4n) is 12.0. The summed E-state index contributed by atoms with van der Waals surface area (Å²) >= 11 is 0. The van der Waals surface area contributed by atoms with Crippen LogP contribution in [-0.4, -0.2) is 47.4 Å². The van der Waals surface area contributed by atoms with Gasteiger partial charge in [-0.05, 0) is 57.8 Å². The number of unbranched alkanes of at least 4 members (excludes halogenated alkanes) is 58. The van der Waals surface area contributed by atoms with Crippen molar-refractivity contribution in [1.82, 2.24) is 5.32 Å². The van der Waals surface area contributed by atoms with Gasteiger partial charge in [-0.25, -0.2) is 0 Å². The van der Waals surface area contributed by atoms with Crippen LogP contribution in [0.2, 0.25) is 0 Å². The van der Waals surface area contributed by atoms with E-state index in [0.29, 0.717) is 19.4 Å². The van der Waals surface area contributed by atoms with Crippen LogP contribution in [0.4, 0.5) is 0 Å². The van der Waals surface area contributed by atoms with Gasteiger partial charge in [0.2, 0.25) is 5.91 Å². The zero-order chi connectivity index (χ0) is 59.2. The van der Waals surface area contributed by atoms with Crippen molar-refractivity contribution in [1.29, 1.82) is 0 Å². The molecule has 0 aromatic heterocycles. The van der Waals surface area contributed by atoms with E-state index < -0.39 is 12.1 Å². The van der Waals surface area contributed by atoms with Gasteiger partial charge in [0.25, 0.3) is 0 Å². The lowest BCUT2D eigenvalue weighted by Gasteiger charge is -2.20. The lowest BCUT2D eigenvalue weighted by molar-refractivity contribution is -0.143.